The minimum Gasteiger partial charge on any atom is -0.389 e. The van der Waals surface area contributed by atoms with Gasteiger partial charge >= 0.3 is 0 Å². The number of halogens is 2. The summed E-state index contributed by atoms with van der Waals surface area (Å²) in [6.45, 7) is 10.2. The summed E-state index contributed by atoms with van der Waals surface area (Å²) in [6.07, 6.45) is 3.30. The normalized spacial score (nSPS) is 20.0. The van der Waals surface area contributed by atoms with Crippen LogP contribution in [-0.2, 0) is 16.4 Å². The highest BCUT2D eigenvalue weighted by molar-refractivity contribution is 7.91. The van der Waals surface area contributed by atoms with E-state index in [0.717, 1.165) is 30.1 Å². The first-order valence-electron chi connectivity index (χ1n) is 13.5. The number of rotatable bonds is 6. The van der Waals surface area contributed by atoms with Gasteiger partial charge in [-0.2, -0.15) is 5.10 Å². The number of sulfone groups is 1. The van der Waals surface area contributed by atoms with Crippen molar-refractivity contribution in [3.05, 3.63) is 52.9 Å². The van der Waals surface area contributed by atoms with Gasteiger partial charge in [0.1, 0.15) is 5.82 Å². The molecule has 2 aliphatic heterocycles. The maximum absolute atomic E-state index is 13.6. The molecule has 0 unspecified atom stereocenters. The van der Waals surface area contributed by atoms with Crippen LogP contribution in [0.4, 0.5) is 10.1 Å². The van der Waals surface area contributed by atoms with E-state index in [2.05, 4.69) is 10.00 Å². The van der Waals surface area contributed by atoms with Crippen LogP contribution in [0.1, 0.15) is 57.8 Å². The second-order valence-electron chi connectivity index (χ2n) is 12.9. The minimum absolute atomic E-state index is 0.00365. The van der Waals surface area contributed by atoms with Crippen molar-refractivity contribution in [2.45, 2.75) is 76.6 Å². The van der Waals surface area contributed by atoms with Crippen LogP contribution in [-0.4, -0.2) is 70.6 Å². The Labute approximate surface area is 239 Å². The Hall–Kier alpha value is -2.69. The average Bonchev–Trinajstić information content (AvgIpc) is 3.32. The molecule has 3 aromatic rings. The number of carbonyl (C=O) groups is 1. The van der Waals surface area contributed by atoms with Crippen molar-refractivity contribution < 1.29 is 22.7 Å². The topological polar surface area (TPSA) is 95.7 Å². The summed E-state index contributed by atoms with van der Waals surface area (Å²) in [5.74, 6) is -0.754. The third kappa shape index (κ3) is 5.71. The molecule has 0 aliphatic carbocycles. The standard InChI is InChI=1S/C29H36ClFN4O4S/c1-28(2,3)17-40(38,39)22-10-18-13-32-34(16-29(4,5)37)26(18)25(12-22)35-20-7-8-21(35)15-33(14-20)27(36)23-9-6-19(31)11-24(23)30/h6,9-13,20-21,37H,7-8,14-17H2,1-5H3/t20-,21+. The number of nitrogens with zero attached hydrogens (tertiary/aromatic N) is 4. The highest BCUT2D eigenvalue weighted by Crippen LogP contribution is 2.41. The maximum Gasteiger partial charge on any atom is 0.255 e. The summed E-state index contributed by atoms with van der Waals surface area (Å²) < 4.78 is 42.4. The molecule has 2 aliphatic rings. The first kappa shape index (κ1) is 28.8. The predicted octanol–water partition coefficient (Wildman–Crippen LogP) is 4.91. The molecule has 0 radical (unpaired) electrons. The Morgan fingerprint density at radius 2 is 1.75 bits per heavy atom. The molecule has 0 spiro atoms. The summed E-state index contributed by atoms with van der Waals surface area (Å²) in [6, 6.07) is 7.08. The van der Waals surface area contributed by atoms with Gasteiger partial charge in [-0.25, -0.2) is 12.8 Å². The van der Waals surface area contributed by atoms with E-state index in [1.54, 1.807) is 41.8 Å². The van der Waals surface area contributed by atoms with Crippen LogP contribution in [0.2, 0.25) is 5.02 Å². The number of benzene rings is 2. The SMILES string of the molecule is CC(C)(C)CS(=O)(=O)c1cc(N2[C@@H]3CC[C@H]2CN(C(=O)c2ccc(F)cc2Cl)C3)c2c(cnn2CC(C)(C)O)c1. The summed E-state index contributed by atoms with van der Waals surface area (Å²) in [4.78, 5) is 17.6. The van der Waals surface area contributed by atoms with Crippen LogP contribution in [0.5, 0.6) is 0 Å². The molecule has 8 nitrogen and oxygen atoms in total. The van der Waals surface area contributed by atoms with E-state index in [9.17, 15) is 22.7 Å². The van der Waals surface area contributed by atoms with Crippen LogP contribution < -0.4 is 4.90 Å². The molecule has 1 aromatic heterocycles. The molecular weight excluding hydrogens is 555 g/mol. The van der Waals surface area contributed by atoms with E-state index in [1.165, 1.54) is 12.1 Å². The molecule has 2 fully saturated rings. The van der Waals surface area contributed by atoms with Crippen molar-refractivity contribution in [2.24, 2.45) is 5.41 Å². The van der Waals surface area contributed by atoms with Crippen LogP contribution in [0.3, 0.4) is 0 Å². The number of hydrogen-bond donors (Lipinski definition) is 1. The number of aliphatic hydroxyl groups is 1. The largest absolute Gasteiger partial charge is 0.389 e. The fraction of sp³-hybridized carbons (Fsp3) is 0.517. The lowest BCUT2D eigenvalue weighted by atomic mass is 10.0. The van der Waals surface area contributed by atoms with E-state index >= 15 is 0 Å². The van der Waals surface area contributed by atoms with Crippen LogP contribution >= 0.6 is 11.6 Å². The molecular formula is C29H36ClFN4O4S. The quantitative estimate of drug-likeness (QED) is 0.438. The number of fused-ring (bicyclic) bond motifs is 3. The van der Waals surface area contributed by atoms with Crippen molar-refractivity contribution in [1.82, 2.24) is 14.7 Å². The number of carbonyl (C=O) groups excluding carboxylic acids is 1. The Kier molecular flexibility index (Phi) is 7.20. The predicted molar refractivity (Wildman–Crippen MR) is 154 cm³/mol. The third-order valence-electron chi connectivity index (χ3n) is 7.42. The number of likely N-dealkylation sites (tertiary alicyclic amines) is 1. The lowest BCUT2D eigenvalue weighted by Gasteiger charge is -2.43. The van der Waals surface area contributed by atoms with Gasteiger partial charge in [-0.05, 0) is 62.4 Å². The second kappa shape index (κ2) is 9.99. The Morgan fingerprint density at radius 1 is 1.10 bits per heavy atom. The molecule has 1 amide bonds. The van der Waals surface area contributed by atoms with Crippen molar-refractivity contribution in [3.8, 4) is 0 Å². The van der Waals surface area contributed by atoms with Crippen molar-refractivity contribution in [2.75, 3.05) is 23.7 Å². The lowest BCUT2D eigenvalue weighted by Crippen LogP contribution is -2.55. The maximum atomic E-state index is 13.6. The molecule has 216 valence electrons. The summed E-state index contributed by atoms with van der Waals surface area (Å²) in [7, 11) is -3.60. The van der Waals surface area contributed by atoms with Crippen LogP contribution in [0, 0.1) is 11.2 Å². The third-order valence-corrected chi connectivity index (χ3v) is 9.93. The lowest BCUT2D eigenvalue weighted by molar-refractivity contribution is 0.0590. The van der Waals surface area contributed by atoms with Crippen molar-refractivity contribution in [3.63, 3.8) is 0 Å². The van der Waals surface area contributed by atoms with E-state index in [0.29, 0.717) is 18.5 Å². The zero-order valence-electron chi connectivity index (χ0n) is 23.5. The van der Waals surface area contributed by atoms with E-state index in [-0.39, 0.29) is 45.8 Å². The van der Waals surface area contributed by atoms with Gasteiger partial charge in [-0.1, -0.05) is 32.4 Å². The number of amides is 1. The smallest absolute Gasteiger partial charge is 0.255 e. The molecule has 2 bridgehead atoms. The average molecular weight is 591 g/mol. The molecule has 3 heterocycles. The Bertz CT molecular complexity index is 1560. The monoisotopic (exact) mass is 590 g/mol. The molecule has 2 aromatic carbocycles. The van der Waals surface area contributed by atoms with Gasteiger partial charge in [-0.3, -0.25) is 9.48 Å². The van der Waals surface area contributed by atoms with Gasteiger partial charge in [0, 0.05) is 30.6 Å². The van der Waals surface area contributed by atoms with Gasteiger partial charge in [0.25, 0.3) is 5.91 Å². The molecule has 5 rings (SSSR count). The Balaban J connectivity index is 1.56. The number of aromatic nitrogens is 2. The van der Waals surface area contributed by atoms with Gasteiger partial charge in [0.2, 0.25) is 0 Å². The highest BCUT2D eigenvalue weighted by atomic mass is 35.5. The molecule has 2 saturated heterocycles. The number of hydrogen-bond acceptors (Lipinski definition) is 6. The van der Waals surface area contributed by atoms with Gasteiger partial charge in [-0.15, -0.1) is 0 Å². The molecule has 0 saturated carbocycles. The second-order valence-corrected chi connectivity index (χ2v) is 15.3. The number of anilines is 1. The van der Waals surface area contributed by atoms with Gasteiger partial charge < -0.3 is 14.9 Å². The first-order chi connectivity index (χ1) is 18.5. The van der Waals surface area contributed by atoms with Crippen molar-refractivity contribution >= 4 is 43.9 Å². The van der Waals surface area contributed by atoms with E-state index in [4.69, 9.17) is 11.6 Å². The van der Waals surface area contributed by atoms with Gasteiger partial charge in [0.15, 0.2) is 9.84 Å². The van der Waals surface area contributed by atoms with E-state index < -0.39 is 26.7 Å². The fourth-order valence-corrected chi connectivity index (χ4v) is 8.15. The van der Waals surface area contributed by atoms with E-state index in [1.807, 2.05) is 20.8 Å². The summed E-state index contributed by atoms with van der Waals surface area (Å²) >= 11 is 6.20. The molecule has 11 heteroatoms. The van der Waals surface area contributed by atoms with Crippen LogP contribution in [0.15, 0.2) is 41.4 Å². The molecule has 2 atom stereocenters. The highest BCUT2D eigenvalue weighted by Gasteiger charge is 2.43. The summed E-state index contributed by atoms with van der Waals surface area (Å²) in [5.41, 5.74) is 0.301. The zero-order valence-corrected chi connectivity index (χ0v) is 25.1. The molecule has 1 N–H and O–H groups in total. The summed E-state index contributed by atoms with van der Waals surface area (Å²) in [5, 5.41) is 15.9. The van der Waals surface area contributed by atoms with Crippen molar-refractivity contribution in [1.29, 1.82) is 0 Å². The molecule has 40 heavy (non-hydrogen) atoms. The minimum atomic E-state index is -3.60. The zero-order chi connectivity index (χ0) is 29.2. The number of piperazine rings is 1. The fourth-order valence-electron chi connectivity index (χ4n) is 6.00. The first-order valence-corrected chi connectivity index (χ1v) is 15.5. The van der Waals surface area contributed by atoms with Crippen LogP contribution in [0.25, 0.3) is 10.9 Å². The Morgan fingerprint density at radius 3 is 2.33 bits per heavy atom. The van der Waals surface area contributed by atoms with Gasteiger partial charge in [0.05, 0.1) is 50.8 Å².